The predicted octanol–water partition coefficient (Wildman–Crippen LogP) is 0.337. The highest BCUT2D eigenvalue weighted by molar-refractivity contribution is 6.10. The molecule has 1 saturated heterocycles. The highest BCUT2D eigenvalue weighted by Gasteiger charge is 2.49. The highest BCUT2D eigenvalue weighted by atomic mass is 16.2. The topological polar surface area (TPSA) is 131 Å². The van der Waals surface area contributed by atoms with Gasteiger partial charge in [-0.1, -0.05) is 18.2 Å². The molecular weight excluding hydrogens is 338 g/mol. The van der Waals surface area contributed by atoms with E-state index in [1.807, 2.05) is 11.4 Å². The summed E-state index contributed by atoms with van der Waals surface area (Å²) in [5.41, 5.74) is -0.655. The third-order valence-corrected chi connectivity index (χ3v) is 3.81. The van der Waals surface area contributed by atoms with Crippen molar-refractivity contribution in [3.63, 3.8) is 0 Å². The van der Waals surface area contributed by atoms with Gasteiger partial charge in [-0.2, -0.15) is 5.26 Å². The summed E-state index contributed by atoms with van der Waals surface area (Å²) in [6.45, 7) is 4.45. The maximum atomic E-state index is 12.7. The summed E-state index contributed by atoms with van der Waals surface area (Å²) in [5.74, 6) is -1.47. The fraction of sp³-hybridized carbons (Fsp3) is 0.235. The van der Waals surface area contributed by atoms with Crippen LogP contribution in [0.3, 0.4) is 0 Å². The summed E-state index contributed by atoms with van der Waals surface area (Å²) >= 11 is 0. The number of nitrogens with zero attached hydrogens (tertiary/aromatic N) is 2. The van der Waals surface area contributed by atoms with E-state index < -0.39 is 36.0 Å². The minimum Gasteiger partial charge on any atom is -0.334 e. The molecule has 9 nitrogen and oxygen atoms in total. The molecule has 2 rings (SSSR count). The van der Waals surface area contributed by atoms with Crippen molar-refractivity contribution in [3.8, 4) is 6.07 Å². The molecule has 26 heavy (non-hydrogen) atoms. The van der Waals surface area contributed by atoms with Crippen LogP contribution in [0.1, 0.15) is 18.1 Å². The van der Waals surface area contributed by atoms with Gasteiger partial charge in [0.25, 0.3) is 5.91 Å². The van der Waals surface area contributed by atoms with Gasteiger partial charge in [-0.3, -0.25) is 19.8 Å². The van der Waals surface area contributed by atoms with E-state index in [0.29, 0.717) is 11.1 Å². The molecule has 3 N–H and O–H groups in total. The Kier molecular flexibility index (Phi) is 5.37. The zero-order valence-corrected chi connectivity index (χ0v) is 14.0. The van der Waals surface area contributed by atoms with Gasteiger partial charge in [0, 0.05) is 6.54 Å². The number of hydrogen-bond donors (Lipinski definition) is 3. The molecular formula is C17H17N5O4. The van der Waals surface area contributed by atoms with E-state index in [9.17, 15) is 19.2 Å². The van der Waals surface area contributed by atoms with Gasteiger partial charge < -0.3 is 10.6 Å². The number of benzene rings is 1. The first-order valence-corrected chi connectivity index (χ1v) is 7.65. The first-order chi connectivity index (χ1) is 12.3. The van der Waals surface area contributed by atoms with Crippen LogP contribution in [0.2, 0.25) is 0 Å². The van der Waals surface area contributed by atoms with Crippen molar-refractivity contribution in [2.24, 2.45) is 0 Å². The highest BCUT2D eigenvalue weighted by Crippen LogP contribution is 2.29. The lowest BCUT2D eigenvalue weighted by Gasteiger charge is -2.22. The average Bonchev–Trinajstić information content (AvgIpc) is 2.84. The molecule has 0 spiro atoms. The first kappa shape index (κ1) is 18.7. The lowest BCUT2D eigenvalue weighted by atomic mass is 9.91. The number of carbonyl (C=O) groups is 4. The predicted molar refractivity (Wildman–Crippen MR) is 90.5 cm³/mol. The molecule has 0 aliphatic carbocycles. The SMILES string of the molecule is C=CCNC(=O)NC(=O)CN1C(=O)N[C@](C)(c2cccc(C#N)c2)C1=O. The molecule has 0 unspecified atom stereocenters. The van der Waals surface area contributed by atoms with Gasteiger partial charge in [0.2, 0.25) is 5.91 Å². The van der Waals surface area contributed by atoms with E-state index in [0.717, 1.165) is 4.90 Å². The molecule has 9 heteroatoms. The van der Waals surface area contributed by atoms with Crippen molar-refractivity contribution in [2.45, 2.75) is 12.5 Å². The third kappa shape index (κ3) is 3.70. The lowest BCUT2D eigenvalue weighted by Crippen LogP contribution is -2.47. The third-order valence-electron chi connectivity index (χ3n) is 3.81. The molecule has 0 radical (unpaired) electrons. The number of amides is 6. The molecule has 0 saturated carbocycles. The molecule has 1 atom stereocenters. The summed E-state index contributed by atoms with van der Waals surface area (Å²) < 4.78 is 0. The van der Waals surface area contributed by atoms with E-state index in [-0.39, 0.29) is 6.54 Å². The van der Waals surface area contributed by atoms with Crippen LogP contribution in [0.5, 0.6) is 0 Å². The summed E-state index contributed by atoms with van der Waals surface area (Å²) in [7, 11) is 0. The van der Waals surface area contributed by atoms with Crippen molar-refractivity contribution < 1.29 is 19.2 Å². The van der Waals surface area contributed by atoms with Crippen LogP contribution in [-0.4, -0.2) is 41.9 Å². The number of imide groups is 2. The molecule has 1 aliphatic heterocycles. The van der Waals surface area contributed by atoms with Crippen molar-refractivity contribution in [1.29, 1.82) is 5.26 Å². The van der Waals surface area contributed by atoms with Crippen LogP contribution in [0.4, 0.5) is 9.59 Å². The quantitative estimate of drug-likeness (QED) is 0.518. The molecule has 1 aliphatic rings. The van der Waals surface area contributed by atoms with Gasteiger partial charge >= 0.3 is 12.1 Å². The normalized spacial score (nSPS) is 18.7. The number of nitriles is 1. The zero-order valence-electron chi connectivity index (χ0n) is 14.0. The van der Waals surface area contributed by atoms with E-state index in [1.54, 1.807) is 18.2 Å². The Bertz CT molecular complexity index is 829. The number of rotatable bonds is 5. The smallest absolute Gasteiger partial charge is 0.325 e. The zero-order chi connectivity index (χ0) is 19.3. The molecule has 0 aromatic heterocycles. The van der Waals surface area contributed by atoms with Crippen molar-refractivity contribution >= 4 is 23.9 Å². The minimum atomic E-state index is -1.41. The fourth-order valence-corrected chi connectivity index (χ4v) is 2.45. The van der Waals surface area contributed by atoms with E-state index in [4.69, 9.17) is 5.26 Å². The van der Waals surface area contributed by atoms with Crippen LogP contribution in [0.15, 0.2) is 36.9 Å². The van der Waals surface area contributed by atoms with Gasteiger partial charge in [-0.05, 0) is 24.6 Å². The van der Waals surface area contributed by atoms with Gasteiger partial charge in [0.1, 0.15) is 12.1 Å². The Hall–Kier alpha value is -3.67. The first-order valence-electron chi connectivity index (χ1n) is 7.65. The molecule has 0 bridgehead atoms. The Morgan fingerprint density at radius 1 is 1.42 bits per heavy atom. The van der Waals surface area contributed by atoms with Gasteiger partial charge in [-0.15, -0.1) is 6.58 Å². The van der Waals surface area contributed by atoms with Crippen LogP contribution in [0, 0.1) is 11.3 Å². The summed E-state index contributed by atoms with van der Waals surface area (Å²) in [6, 6.07) is 6.70. The van der Waals surface area contributed by atoms with Gasteiger partial charge in [0.15, 0.2) is 0 Å². The van der Waals surface area contributed by atoms with Crippen LogP contribution < -0.4 is 16.0 Å². The fourth-order valence-electron chi connectivity index (χ4n) is 2.45. The van der Waals surface area contributed by atoms with Gasteiger partial charge in [-0.25, -0.2) is 9.59 Å². The Balaban J connectivity index is 2.13. The van der Waals surface area contributed by atoms with E-state index in [1.165, 1.54) is 19.1 Å². The van der Waals surface area contributed by atoms with E-state index in [2.05, 4.69) is 17.2 Å². The largest absolute Gasteiger partial charge is 0.334 e. The number of hydrogen-bond acceptors (Lipinski definition) is 5. The Labute approximate surface area is 149 Å². The number of urea groups is 2. The van der Waals surface area contributed by atoms with Crippen molar-refractivity contribution in [1.82, 2.24) is 20.9 Å². The standard InChI is InChI=1S/C17H17N5O4/c1-3-7-19-15(25)20-13(23)10-22-14(24)17(2,21-16(22)26)12-6-4-5-11(8-12)9-18/h3-6,8H,1,7,10H2,2H3,(H,21,26)(H2,19,20,23,25)/t17-/m1/s1. The average molecular weight is 355 g/mol. The van der Waals surface area contributed by atoms with Crippen molar-refractivity contribution in [2.75, 3.05) is 13.1 Å². The summed E-state index contributed by atoms with van der Waals surface area (Å²) in [6.07, 6.45) is 1.43. The van der Waals surface area contributed by atoms with Gasteiger partial charge in [0.05, 0.1) is 11.6 Å². The van der Waals surface area contributed by atoms with E-state index >= 15 is 0 Å². The summed E-state index contributed by atoms with van der Waals surface area (Å²) in [4.78, 5) is 48.9. The van der Waals surface area contributed by atoms with Crippen LogP contribution in [-0.2, 0) is 15.1 Å². The molecule has 1 aromatic carbocycles. The number of nitrogens with one attached hydrogen (secondary N) is 3. The van der Waals surface area contributed by atoms with Crippen LogP contribution in [0.25, 0.3) is 0 Å². The minimum absolute atomic E-state index is 0.162. The Morgan fingerprint density at radius 3 is 2.81 bits per heavy atom. The number of carbonyl (C=O) groups excluding carboxylic acids is 4. The molecule has 134 valence electrons. The monoisotopic (exact) mass is 355 g/mol. The van der Waals surface area contributed by atoms with Crippen LogP contribution >= 0.6 is 0 Å². The van der Waals surface area contributed by atoms with Crippen molar-refractivity contribution in [3.05, 3.63) is 48.0 Å². The lowest BCUT2D eigenvalue weighted by molar-refractivity contribution is -0.134. The molecule has 1 heterocycles. The second-order valence-corrected chi connectivity index (χ2v) is 5.69. The molecule has 1 aromatic rings. The molecule has 6 amide bonds. The maximum Gasteiger partial charge on any atom is 0.325 e. The Morgan fingerprint density at radius 2 is 2.15 bits per heavy atom. The second-order valence-electron chi connectivity index (χ2n) is 5.69. The summed E-state index contributed by atoms with van der Waals surface area (Å²) in [5, 5.41) is 15.9. The maximum absolute atomic E-state index is 12.7. The molecule has 1 fully saturated rings. The second kappa shape index (κ2) is 7.48.